The van der Waals surface area contributed by atoms with Gasteiger partial charge in [0.15, 0.2) is 0 Å². The van der Waals surface area contributed by atoms with Crippen LogP contribution in [-0.2, 0) is 33.5 Å². The van der Waals surface area contributed by atoms with Crippen molar-refractivity contribution in [2.75, 3.05) is 0 Å². The second-order valence-electron chi connectivity index (χ2n) is 3.05. The molecule has 0 spiro atoms. The van der Waals surface area contributed by atoms with Crippen LogP contribution in [0, 0.1) is 0 Å². The van der Waals surface area contributed by atoms with Crippen molar-refractivity contribution < 1.29 is 53.9 Å². The van der Waals surface area contributed by atoms with Crippen molar-refractivity contribution in [3.05, 3.63) is 0 Å². The van der Waals surface area contributed by atoms with Crippen LogP contribution in [0.25, 0.3) is 0 Å². The smallest absolute Gasteiger partial charge is 0.550 e. The zero-order valence-electron chi connectivity index (χ0n) is 14.0. The number of ether oxygens (including phenoxy) is 1. The predicted molar refractivity (Wildman–Crippen MR) is 70.9 cm³/mol. The van der Waals surface area contributed by atoms with Gasteiger partial charge in [-0.2, -0.15) is 0 Å². The monoisotopic (exact) mass is 546 g/mol. The molecule has 0 aromatic rings. The Hall–Kier alpha value is -2.06. The second-order valence-corrected chi connectivity index (χ2v) is 3.05. The van der Waals surface area contributed by atoms with Crippen LogP contribution in [0.1, 0.15) is 41.5 Å². The van der Waals surface area contributed by atoms with Gasteiger partial charge in [0.1, 0.15) is 0 Å². The van der Waals surface area contributed by atoms with Gasteiger partial charge in [0.2, 0.25) is 0 Å². The maximum Gasteiger partial charge on any atom is 4.00 e. The van der Waals surface area contributed by atoms with E-state index < -0.39 is 35.8 Å². The number of aliphatic carboxylic acids is 4. The van der Waals surface area contributed by atoms with Crippen LogP contribution in [0.3, 0.4) is 0 Å². The van der Waals surface area contributed by atoms with Gasteiger partial charge >= 0.3 is 39.2 Å². The Morgan fingerprint density at radius 1 is 0.500 bits per heavy atom. The fourth-order valence-corrected chi connectivity index (χ4v) is 0.202. The number of carboxylic acids is 4. The quantitative estimate of drug-likeness (QED) is 0.160. The summed E-state index contributed by atoms with van der Waals surface area (Å²) in [5, 5.41) is 35.6. The Kier molecular flexibility index (Phi) is 45.8. The van der Waals surface area contributed by atoms with E-state index in [1.54, 1.807) is 0 Å². The fourth-order valence-electron chi connectivity index (χ4n) is 0.202. The molecule has 0 aliphatic carbocycles. The molecule has 12 heteroatoms. The molecule has 0 saturated heterocycles. The van der Waals surface area contributed by atoms with Crippen LogP contribution in [0.2, 0.25) is 0 Å². The number of carboxylic acid groups (broad SMARTS) is 4. The Labute approximate surface area is 158 Å². The first-order valence-electron chi connectivity index (χ1n) is 5.45. The first-order chi connectivity index (χ1) is 10.1. The van der Waals surface area contributed by atoms with Crippen molar-refractivity contribution in [2.24, 2.45) is 0 Å². The summed E-state index contributed by atoms with van der Waals surface area (Å²) >= 11 is 0. The van der Waals surface area contributed by atoms with E-state index in [-0.39, 0.29) is 27.3 Å². The van der Waals surface area contributed by atoms with Gasteiger partial charge in [-0.3, -0.25) is 9.59 Å². The van der Waals surface area contributed by atoms with Crippen LogP contribution >= 0.6 is 0 Å². The van der Waals surface area contributed by atoms with Crippen molar-refractivity contribution in [1.29, 1.82) is 0 Å². The van der Waals surface area contributed by atoms with Crippen LogP contribution in [-0.4, -0.2) is 63.1 Å². The molecule has 0 rings (SSSR count). The summed E-state index contributed by atoms with van der Waals surface area (Å²) in [4.78, 5) is 55.2. The average Bonchev–Trinajstić information content (AvgIpc) is 2.09. The molecule has 0 unspecified atom stereocenters. The number of hydrogen-bond donors (Lipinski definition) is 0. The minimum absolute atomic E-state index is 0. The molecule has 0 amide bonds. The molecule has 0 aromatic carbocycles. The third kappa shape index (κ3) is 1900. The molecule has 0 heterocycles. The molecule has 0 N–H and O–H groups in total. The third-order valence-corrected chi connectivity index (χ3v) is 0.287. The Morgan fingerprint density at radius 3 is 0.583 bits per heavy atom. The minimum atomic E-state index is -1.08. The molecule has 0 aromatic heterocycles. The van der Waals surface area contributed by atoms with E-state index in [9.17, 15) is 9.59 Å². The maximum absolute atomic E-state index is 9.81. The van der Waals surface area contributed by atoms with E-state index in [1.807, 2.05) is 0 Å². The zero-order chi connectivity index (χ0) is 20.2. The van der Waals surface area contributed by atoms with Gasteiger partial charge in [-0.05, 0) is 27.7 Å². The molecule has 136 valence electrons. The number of rotatable bonds is 0. The van der Waals surface area contributed by atoms with E-state index in [0.717, 1.165) is 27.7 Å². The summed E-state index contributed by atoms with van der Waals surface area (Å²) in [5.74, 6) is -5.46. The number of hydrogen-bond acceptors (Lipinski definition) is 11. The zero-order valence-corrected chi connectivity index (χ0v) is 17.9. The Balaban J connectivity index is -0.0000000429. The van der Waals surface area contributed by atoms with Gasteiger partial charge in [-0.25, -0.2) is 0 Å². The molecule has 0 fully saturated rings. The van der Waals surface area contributed by atoms with E-state index in [1.165, 1.54) is 13.8 Å². The molecule has 0 aliphatic heterocycles. The summed E-state index contributed by atoms with van der Waals surface area (Å²) in [5.41, 5.74) is 0. The molecular weight excluding hydrogens is 527 g/mol. The van der Waals surface area contributed by atoms with Gasteiger partial charge in [-0.15, -0.1) is 0 Å². The van der Waals surface area contributed by atoms with Crippen molar-refractivity contribution in [3.63, 3.8) is 0 Å². The molecular formula is C12H18O11Pb. The first kappa shape index (κ1) is 37.9. The van der Waals surface area contributed by atoms with Crippen molar-refractivity contribution >= 4 is 63.1 Å². The summed E-state index contributed by atoms with van der Waals surface area (Å²) in [6.45, 7) is 6.25. The SMILES string of the molecule is CC(=O)OC(C)=O.CC(=O)[O-].CC(=O)[O-].CC(=O)[O-].CC(=O)[O-].[Pb+4]. The van der Waals surface area contributed by atoms with E-state index in [2.05, 4.69) is 4.74 Å². The van der Waals surface area contributed by atoms with Gasteiger partial charge in [0.05, 0.1) is 0 Å². The predicted octanol–water partition coefficient (Wildman–Crippen LogP) is -5.26. The number of esters is 2. The van der Waals surface area contributed by atoms with Gasteiger partial charge in [0.25, 0.3) is 0 Å². The molecule has 0 saturated carbocycles. The Bertz CT molecular complexity index is 314. The molecule has 0 atom stereocenters. The van der Waals surface area contributed by atoms with Crippen molar-refractivity contribution in [2.45, 2.75) is 41.5 Å². The van der Waals surface area contributed by atoms with Crippen molar-refractivity contribution in [1.82, 2.24) is 0 Å². The molecule has 0 aliphatic rings. The van der Waals surface area contributed by atoms with Crippen molar-refractivity contribution in [3.8, 4) is 0 Å². The minimum Gasteiger partial charge on any atom is -0.550 e. The summed E-state index contributed by atoms with van der Waals surface area (Å²) in [7, 11) is 0. The summed E-state index contributed by atoms with van der Waals surface area (Å²) in [6, 6.07) is 0. The fraction of sp³-hybridized carbons (Fsp3) is 0.500. The first-order valence-corrected chi connectivity index (χ1v) is 5.45. The normalized spacial score (nSPS) is 6.42. The Morgan fingerprint density at radius 2 is 0.583 bits per heavy atom. The van der Waals surface area contributed by atoms with Crippen LogP contribution in [0.15, 0.2) is 0 Å². The van der Waals surface area contributed by atoms with Crippen LogP contribution in [0.4, 0.5) is 0 Å². The molecule has 0 radical (unpaired) electrons. The van der Waals surface area contributed by atoms with E-state index >= 15 is 0 Å². The third-order valence-electron chi connectivity index (χ3n) is 0.287. The van der Waals surface area contributed by atoms with Crippen LogP contribution < -0.4 is 20.4 Å². The van der Waals surface area contributed by atoms with Gasteiger partial charge in [0, 0.05) is 37.7 Å². The molecule has 0 bridgehead atoms. The van der Waals surface area contributed by atoms with Gasteiger partial charge < -0.3 is 44.3 Å². The summed E-state index contributed by atoms with van der Waals surface area (Å²) in [6.07, 6.45) is 0. The van der Waals surface area contributed by atoms with Crippen LogP contribution in [0.5, 0.6) is 0 Å². The molecule has 24 heavy (non-hydrogen) atoms. The summed E-state index contributed by atoms with van der Waals surface area (Å²) < 4.78 is 3.97. The second kappa shape index (κ2) is 29.0. The topological polar surface area (TPSA) is 204 Å². The van der Waals surface area contributed by atoms with E-state index in [0.29, 0.717) is 0 Å². The number of carbonyl (C=O) groups excluding carboxylic acids is 6. The number of carbonyl (C=O) groups is 6. The standard InChI is InChI=1S/C4H6O3.4C2H4O2.Pb/c1-3(5)7-4(2)6;4*1-2(3)4;/h1-2H3;4*1H3,(H,3,4);/q;;;;;+4/p-4. The average molecular weight is 545 g/mol. The maximum atomic E-state index is 9.81. The largest absolute Gasteiger partial charge is 4.00 e. The van der Waals surface area contributed by atoms with E-state index in [4.69, 9.17) is 39.6 Å². The molecule has 11 nitrogen and oxygen atoms in total. The van der Waals surface area contributed by atoms with Gasteiger partial charge in [-0.1, -0.05) is 0 Å².